The van der Waals surface area contributed by atoms with Gasteiger partial charge in [-0.15, -0.1) is 0 Å². The van der Waals surface area contributed by atoms with Crippen molar-refractivity contribution in [2.24, 2.45) is 5.41 Å². The molecule has 1 aliphatic rings. The summed E-state index contributed by atoms with van der Waals surface area (Å²) in [6.45, 7) is 6.24. The number of piperidine rings is 1. The SMILES string of the molecule is CC1(C)CCN(C(=O)Cc2ccc(N)cn2)CC1. The van der Waals surface area contributed by atoms with E-state index < -0.39 is 0 Å². The molecule has 4 nitrogen and oxygen atoms in total. The van der Waals surface area contributed by atoms with E-state index in [4.69, 9.17) is 5.73 Å². The zero-order valence-electron chi connectivity index (χ0n) is 11.1. The quantitative estimate of drug-likeness (QED) is 0.867. The van der Waals surface area contributed by atoms with E-state index in [-0.39, 0.29) is 5.91 Å². The highest BCUT2D eigenvalue weighted by molar-refractivity contribution is 5.78. The second-order valence-corrected chi connectivity index (χ2v) is 5.80. The van der Waals surface area contributed by atoms with Gasteiger partial charge in [0.05, 0.1) is 18.3 Å². The lowest BCUT2D eigenvalue weighted by atomic mass is 9.82. The van der Waals surface area contributed by atoms with E-state index in [1.165, 1.54) is 0 Å². The number of likely N-dealkylation sites (tertiary alicyclic amines) is 1. The van der Waals surface area contributed by atoms with Gasteiger partial charge in [0, 0.05) is 18.8 Å². The minimum atomic E-state index is 0.169. The second-order valence-electron chi connectivity index (χ2n) is 5.80. The third-order valence-electron chi connectivity index (χ3n) is 3.65. The maximum absolute atomic E-state index is 12.1. The standard InChI is InChI=1S/C14H21N3O/c1-14(2)5-7-17(8-6-14)13(18)9-12-4-3-11(15)10-16-12/h3-4,10H,5-9,15H2,1-2H3. The molecule has 1 aliphatic heterocycles. The van der Waals surface area contributed by atoms with E-state index in [2.05, 4.69) is 18.8 Å². The van der Waals surface area contributed by atoms with Crippen LogP contribution < -0.4 is 5.73 Å². The van der Waals surface area contributed by atoms with Crippen LogP contribution in [-0.4, -0.2) is 28.9 Å². The summed E-state index contributed by atoms with van der Waals surface area (Å²) in [6.07, 6.45) is 4.13. The molecule has 0 spiro atoms. The van der Waals surface area contributed by atoms with Crippen molar-refractivity contribution in [3.63, 3.8) is 0 Å². The van der Waals surface area contributed by atoms with Crippen LogP contribution in [0, 0.1) is 5.41 Å². The van der Waals surface area contributed by atoms with Crippen LogP contribution in [-0.2, 0) is 11.2 Å². The predicted octanol–water partition coefficient (Wildman–Crippen LogP) is 1.85. The first-order valence-corrected chi connectivity index (χ1v) is 6.44. The van der Waals surface area contributed by atoms with Gasteiger partial charge in [-0.05, 0) is 30.4 Å². The van der Waals surface area contributed by atoms with Crippen molar-refractivity contribution < 1.29 is 4.79 Å². The van der Waals surface area contributed by atoms with Gasteiger partial charge >= 0.3 is 0 Å². The summed E-state index contributed by atoms with van der Waals surface area (Å²) < 4.78 is 0. The fourth-order valence-corrected chi connectivity index (χ4v) is 2.17. The summed E-state index contributed by atoms with van der Waals surface area (Å²) in [5.41, 5.74) is 7.36. The number of nitrogen functional groups attached to an aromatic ring is 1. The minimum absolute atomic E-state index is 0.169. The molecule has 2 N–H and O–H groups in total. The number of nitrogens with zero attached hydrogens (tertiary/aromatic N) is 2. The lowest BCUT2D eigenvalue weighted by molar-refractivity contribution is -0.132. The van der Waals surface area contributed by atoms with Crippen LogP contribution >= 0.6 is 0 Å². The fraction of sp³-hybridized carbons (Fsp3) is 0.571. The Morgan fingerprint density at radius 1 is 1.39 bits per heavy atom. The summed E-state index contributed by atoms with van der Waals surface area (Å²) in [6, 6.07) is 3.61. The van der Waals surface area contributed by atoms with Gasteiger partial charge in [0.15, 0.2) is 0 Å². The van der Waals surface area contributed by atoms with Gasteiger partial charge in [-0.1, -0.05) is 13.8 Å². The van der Waals surface area contributed by atoms with Gasteiger partial charge in [-0.2, -0.15) is 0 Å². The Bertz CT molecular complexity index is 415. The number of carbonyl (C=O) groups excluding carboxylic acids is 1. The van der Waals surface area contributed by atoms with Crippen LogP contribution in [0.25, 0.3) is 0 Å². The molecule has 0 atom stereocenters. The molecule has 0 bridgehead atoms. The van der Waals surface area contributed by atoms with Crippen molar-refractivity contribution in [1.82, 2.24) is 9.88 Å². The summed E-state index contributed by atoms with van der Waals surface area (Å²) in [5.74, 6) is 0.169. The van der Waals surface area contributed by atoms with Gasteiger partial charge in [-0.25, -0.2) is 0 Å². The minimum Gasteiger partial charge on any atom is -0.397 e. The lowest BCUT2D eigenvalue weighted by Gasteiger charge is -2.36. The molecular formula is C14H21N3O. The first kappa shape index (κ1) is 12.9. The van der Waals surface area contributed by atoms with Gasteiger partial charge in [0.2, 0.25) is 5.91 Å². The number of rotatable bonds is 2. The molecule has 0 saturated carbocycles. The average Bonchev–Trinajstić information content (AvgIpc) is 2.32. The largest absolute Gasteiger partial charge is 0.397 e. The van der Waals surface area contributed by atoms with E-state index in [9.17, 15) is 4.79 Å². The Kier molecular flexibility index (Phi) is 3.55. The normalized spacial score (nSPS) is 18.7. The molecule has 18 heavy (non-hydrogen) atoms. The summed E-state index contributed by atoms with van der Waals surface area (Å²) in [7, 11) is 0. The van der Waals surface area contributed by atoms with Crippen LogP contribution in [0.1, 0.15) is 32.4 Å². The monoisotopic (exact) mass is 247 g/mol. The maximum atomic E-state index is 12.1. The molecule has 1 aromatic rings. The van der Waals surface area contributed by atoms with E-state index in [0.29, 0.717) is 17.5 Å². The van der Waals surface area contributed by atoms with E-state index in [1.807, 2.05) is 11.0 Å². The van der Waals surface area contributed by atoms with Crippen molar-refractivity contribution in [3.8, 4) is 0 Å². The van der Waals surface area contributed by atoms with Crippen molar-refractivity contribution in [1.29, 1.82) is 0 Å². The predicted molar refractivity (Wildman–Crippen MR) is 71.9 cm³/mol. The highest BCUT2D eigenvalue weighted by Gasteiger charge is 2.27. The molecular weight excluding hydrogens is 226 g/mol. The summed E-state index contributed by atoms with van der Waals surface area (Å²) >= 11 is 0. The number of amides is 1. The number of pyridine rings is 1. The van der Waals surface area contributed by atoms with Crippen LogP contribution in [0.4, 0.5) is 5.69 Å². The van der Waals surface area contributed by atoms with Gasteiger partial charge in [-0.3, -0.25) is 9.78 Å². The van der Waals surface area contributed by atoms with Crippen LogP contribution in [0.2, 0.25) is 0 Å². The highest BCUT2D eigenvalue weighted by atomic mass is 16.2. The third kappa shape index (κ3) is 3.22. The number of nitrogens with two attached hydrogens (primary N) is 1. The Hall–Kier alpha value is -1.58. The van der Waals surface area contributed by atoms with E-state index in [1.54, 1.807) is 12.3 Å². The van der Waals surface area contributed by atoms with Gasteiger partial charge in [0.25, 0.3) is 0 Å². The van der Waals surface area contributed by atoms with Gasteiger partial charge < -0.3 is 10.6 Å². The number of hydrogen-bond acceptors (Lipinski definition) is 3. The zero-order valence-corrected chi connectivity index (χ0v) is 11.1. The zero-order chi connectivity index (χ0) is 13.2. The smallest absolute Gasteiger partial charge is 0.228 e. The van der Waals surface area contributed by atoms with E-state index in [0.717, 1.165) is 31.6 Å². The number of carbonyl (C=O) groups is 1. The molecule has 1 aromatic heterocycles. The average molecular weight is 247 g/mol. The molecule has 1 saturated heterocycles. The Balaban J connectivity index is 1.91. The number of aromatic nitrogens is 1. The topological polar surface area (TPSA) is 59.2 Å². The maximum Gasteiger partial charge on any atom is 0.228 e. The highest BCUT2D eigenvalue weighted by Crippen LogP contribution is 2.29. The van der Waals surface area contributed by atoms with Crippen molar-refractivity contribution in [2.75, 3.05) is 18.8 Å². The molecule has 98 valence electrons. The van der Waals surface area contributed by atoms with Crippen molar-refractivity contribution in [2.45, 2.75) is 33.1 Å². The Morgan fingerprint density at radius 2 is 2.06 bits per heavy atom. The van der Waals surface area contributed by atoms with Gasteiger partial charge in [0.1, 0.15) is 0 Å². The lowest BCUT2D eigenvalue weighted by Crippen LogP contribution is -2.41. The van der Waals surface area contributed by atoms with Crippen LogP contribution in [0.5, 0.6) is 0 Å². The van der Waals surface area contributed by atoms with Crippen LogP contribution in [0.3, 0.4) is 0 Å². The summed E-state index contributed by atoms with van der Waals surface area (Å²) in [4.78, 5) is 18.2. The molecule has 2 heterocycles. The number of hydrogen-bond donors (Lipinski definition) is 1. The Morgan fingerprint density at radius 3 is 2.61 bits per heavy atom. The number of anilines is 1. The second kappa shape index (κ2) is 4.96. The summed E-state index contributed by atoms with van der Waals surface area (Å²) in [5, 5.41) is 0. The molecule has 0 unspecified atom stereocenters. The molecule has 1 amide bonds. The molecule has 0 radical (unpaired) electrons. The van der Waals surface area contributed by atoms with Crippen LogP contribution in [0.15, 0.2) is 18.3 Å². The molecule has 1 fully saturated rings. The molecule has 0 aromatic carbocycles. The fourth-order valence-electron chi connectivity index (χ4n) is 2.17. The van der Waals surface area contributed by atoms with E-state index >= 15 is 0 Å². The molecule has 0 aliphatic carbocycles. The third-order valence-corrected chi connectivity index (χ3v) is 3.65. The first-order chi connectivity index (χ1) is 8.46. The molecule has 2 rings (SSSR count). The van der Waals surface area contributed by atoms with Crippen molar-refractivity contribution in [3.05, 3.63) is 24.0 Å². The van der Waals surface area contributed by atoms with Crippen molar-refractivity contribution >= 4 is 11.6 Å². The first-order valence-electron chi connectivity index (χ1n) is 6.44. The molecule has 4 heteroatoms. The Labute approximate surface area is 108 Å².